The van der Waals surface area contributed by atoms with Gasteiger partial charge in [0.25, 0.3) is 0 Å². The van der Waals surface area contributed by atoms with E-state index >= 15 is 0 Å². The minimum absolute atomic E-state index is 0.669. The second-order valence-electron chi connectivity index (χ2n) is 6.76. The highest BCUT2D eigenvalue weighted by molar-refractivity contribution is 7.99. The van der Waals surface area contributed by atoms with Gasteiger partial charge in [0, 0.05) is 26.4 Å². The number of nitrogens with zero attached hydrogens (tertiary/aromatic N) is 2. The van der Waals surface area contributed by atoms with Crippen LogP contribution in [0.3, 0.4) is 0 Å². The maximum Gasteiger partial charge on any atom is 0.0738 e. The van der Waals surface area contributed by atoms with Crippen LogP contribution in [0, 0.1) is 0 Å². The van der Waals surface area contributed by atoms with Crippen LogP contribution >= 0.6 is 23.4 Å². The molecule has 3 aromatic carbocycles. The molecule has 0 bridgehead atoms. The first-order valence-electron chi connectivity index (χ1n) is 9.20. The van der Waals surface area contributed by atoms with E-state index in [0.29, 0.717) is 5.02 Å². The van der Waals surface area contributed by atoms with Crippen molar-refractivity contribution in [1.82, 2.24) is 4.98 Å². The molecular weight excluding hydrogens is 400 g/mol. The second-order valence-corrected chi connectivity index (χ2v) is 8.28. The number of hydrogen-bond acceptors (Lipinski definition) is 5. The van der Waals surface area contributed by atoms with Crippen LogP contribution in [-0.2, 0) is 0 Å². The van der Waals surface area contributed by atoms with E-state index in [9.17, 15) is 0 Å². The summed E-state index contributed by atoms with van der Waals surface area (Å²) in [5.74, 6) is 0. The molecule has 0 amide bonds. The van der Waals surface area contributed by atoms with Crippen LogP contribution in [0.1, 0.15) is 12.5 Å². The van der Waals surface area contributed by atoms with Crippen molar-refractivity contribution in [2.75, 3.05) is 10.7 Å². The van der Waals surface area contributed by atoms with Crippen molar-refractivity contribution in [2.24, 2.45) is 5.10 Å². The van der Waals surface area contributed by atoms with Crippen molar-refractivity contribution in [1.29, 1.82) is 0 Å². The van der Waals surface area contributed by atoms with Crippen molar-refractivity contribution in [3.63, 3.8) is 0 Å². The van der Waals surface area contributed by atoms with E-state index in [4.69, 9.17) is 11.6 Å². The van der Waals surface area contributed by atoms with Gasteiger partial charge in [0.2, 0.25) is 0 Å². The monoisotopic (exact) mass is 416 g/mol. The average molecular weight is 417 g/mol. The summed E-state index contributed by atoms with van der Waals surface area (Å²) < 4.78 is 0. The number of hydrogen-bond donors (Lipinski definition) is 2. The molecule has 0 saturated carbocycles. The number of benzene rings is 3. The molecule has 5 rings (SSSR count). The lowest BCUT2D eigenvalue weighted by molar-refractivity contribution is 1.29. The predicted molar refractivity (Wildman–Crippen MR) is 123 cm³/mol. The van der Waals surface area contributed by atoms with Gasteiger partial charge < -0.3 is 5.32 Å². The minimum atomic E-state index is 0.669. The third kappa shape index (κ3) is 3.55. The summed E-state index contributed by atoms with van der Waals surface area (Å²) >= 11 is 7.85. The van der Waals surface area contributed by atoms with Gasteiger partial charge in [-0.25, -0.2) is 0 Å². The zero-order valence-electron chi connectivity index (χ0n) is 15.6. The predicted octanol–water partition coefficient (Wildman–Crippen LogP) is 6.93. The number of nitrogens with one attached hydrogen (secondary N) is 2. The van der Waals surface area contributed by atoms with E-state index in [2.05, 4.69) is 57.2 Å². The minimum Gasteiger partial charge on any atom is -0.354 e. The van der Waals surface area contributed by atoms with Gasteiger partial charge >= 0.3 is 0 Å². The van der Waals surface area contributed by atoms with Gasteiger partial charge in [-0.3, -0.25) is 10.4 Å². The fraction of sp³-hybridized carbons (Fsp3) is 0.0435. The Kier molecular flexibility index (Phi) is 4.62. The van der Waals surface area contributed by atoms with Gasteiger partial charge in [0.05, 0.1) is 28.3 Å². The number of aromatic nitrogens is 1. The van der Waals surface area contributed by atoms with E-state index in [1.54, 1.807) is 18.0 Å². The molecule has 0 radical (unpaired) electrons. The summed E-state index contributed by atoms with van der Waals surface area (Å²) in [6, 6.07) is 22.3. The van der Waals surface area contributed by atoms with Crippen molar-refractivity contribution < 1.29 is 0 Å². The smallest absolute Gasteiger partial charge is 0.0738 e. The van der Waals surface area contributed by atoms with Gasteiger partial charge in [-0.05, 0) is 61.0 Å². The highest BCUT2D eigenvalue weighted by Gasteiger charge is 2.15. The van der Waals surface area contributed by atoms with Gasteiger partial charge in [0.1, 0.15) is 0 Å². The molecule has 0 aliphatic carbocycles. The Morgan fingerprint density at radius 2 is 1.86 bits per heavy atom. The molecule has 29 heavy (non-hydrogen) atoms. The SMILES string of the molecule is C/C(=N/Nc1ccnc2cc(Cl)ccc12)c1ccc2c(c1)Nc1ccccc1S2. The fourth-order valence-electron chi connectivity index (χ4n) is 3.29. The lowest BCUT2D eigenvalue weighted by Gasteiger charge is -2.21. The molecule has 0 atom stereocenters. The molecule has 0 spiro atoms. The number of hydrazone groups is 1. The number of pyridine rings is 1. The van der Waals surface area contributed by atoms with Gasteiger partial charge in [0.15, 0.2) is 0 Å². The molecule has 0 fully saturated rings. The summed E-state index contributed by atoms with van der Waals surface area (Å²) in [5.41, 5.74) is 9.11. The Labute approximate surface area is 178 Å². The zero-order chi connectivity index (χ0) is 19.8. The first-order chi connectivity index (χ1) is 14.2. The van der Waals surface area contributed by atoms with Crippen LogP contribution in [0.4, 0.5) is 17.1 Å². The summed E-state index contributed by atoms with van der Waals surface area (Å²) in [6.07, 6.45) is 1.75. The number of halogens is 1. The summed E-state index contributed by atoms with van der Waals surface area (Å²) in [4.78, 5) is 6.82. The molecule has 4 nitrogen and oxygen atoms in total. The molecule has 142 valence electrons. The average Bonchev–Trinajstić information content (AvgIpc) is 2.75. The quantitative estimate of drug-likeness (QED) is 0.247. The van der Waals surface area contributed by atoms with Crippen LogP contribution in [-0.4, -0.2) is 10.7 Å². The van der Waals surface area contributed by atoms with E-state index in [0.717, 1.165) is 39.2 Å². The number of fused-ring (bicyclic) bond motifs is 3. The van der Waals surface area contributed by atoms with Gasteiger partial charge in [-0.15, -0.1) is 0 Å². The van der Waals surface area contributed by atoms with Crippen molar-refractivity contribution >= 4 is 57.0 Å². The molecule has 1 aromatic heterocycles. The lowest BCUT2D eigenvalue weighted by atomic mass is 10.1. The molecule has 6 heteroatoms. The van der Waals surface area contributed by atoms with Crippen molar-refractivity contribution in [3.8, 4) is 0 Å². The van der Waals surface area contributed by atoms with Crippen LogP contribution in [0.25, 0.3) is 10.9 Å². The Morgan fingerprint density at radius 1 is 1.00 bits per heavy atom. The molecule has 2 heterocycles. The number of para-hydroxylation sites is 1. The first kappa shape index (κ1) is 18.0. The van der Waals surface area contributed by atoms with Crippen molar-refractivity contribution in [3.05, 3.63) is 83.5 Å². The largest absolute Gasteiger partial charge is 0.354 e. The molecule has 1 aliphatic rings. The molecule has 2 N–H and O–H groups in total. The van der Waals surface area contributed by atoms with E-state index < -0.39 is 0 Å². The lowest BCUT2D eigenvalue weighted by Crippen LogP contribution is -2.04. The van der Waals surface area contributed by atoms with Crippen LogP contribution in [0.15, 0.2) is 87.8 Å². The normalized spacial score (nSPS) is 12.8. The highest BCUT2D eigenvalue weighted by Crippen LogP contribution is 2.44. The van der Waals surface area contributed by atoms with Crippen LogP contribution in [0.2, 0.25) is 5.02 Å². The van der Waals surface area contributed by atoms with Gasteiger partial charge in [-0.1, -0.05) is 41.6 Å². The number of rotatable bonds is 3. The second kappa shape index (κ2) is 7.43. The van der Waals surface area contributed by atoms with E-state index in [1.807, 2.05) is 37.3 Å². The topological polar surface area (TPSA) is 49.3 Å². The number of anilines is 3. The fourth-order valence-corrected chi connectivity index (χ4v) is 4.43. The summed E-state index contributed by atoms with van der Waals surface area (Å²) in [5, 5.41) is 9.77. The van der Waals surface area contributed by atoms with Crippen molar-refractivity contribution in [2.45, 2.75) is 16.7 Å². The molecule has 0 saturated heterocycles. The van der Waals surface area contributed by atoms with Crippen LogP contribution in [0.5, 0.6) is 0 Å². The van der Waals surface area contributed by atoms with Gasteiger partial charge in [-0.2, -0.15) is 5.10 Å². The van der Waals surface area contributed by atoms with E-state index in [1.165, 1.54) is 9.79 Å². The van der Waals surface area contributed by atoms with E-state index in [-0.39, 0.29) is 0 Å². The maximum atomic E-state index is 6.07. The highest BCUT2D eigenvalue weighted by atomic mass is 35.5. The first-order valence-corrected chi connectivity index (χ1v) is 10.4. The molecular formula is C23H17ClN4S. The third-order valence-corrected chi connectivity index (χ3v) is 6.21. The summed E-state index contributed by atoms with van der Waals surface area (Å²) in [7, 11) is 0. The summed E-state index contributed by atoms with van der Waals surface area (Å²) in [6.45, 7) is 2.00. The Balaban J connectivity index is 1.42. The Hall–Kier alpha value is -3.02. The third-order valence-electron chi connectivity index (χ3n) is 4.82. The van der Waals surface area contributed by atoms with Crippen LogP contribution < -0.4 is 10.7 Å². The standard InChI is InChI=1S/C23H17ClN4S/c1-14(27-28-18-10-11-25-20-13-16(24)7-8-17(18)20)15-6-9-23-21(12-15)26-19-4-2-3-5-22(19)29-23/h2-13,26H,1H3,(H,25,28)/b27-14-. The Bertz CT molecular complexity index is 1270. The molecule has 0 unspecified atom stereocenters. The molecule has 4 aromatic rings. The Morgan fingerprint density at radius 3 is 2.79 bits per heavy atom. The zero-order valence-corrected chi connectivity index (χ0v) is 17.2. The molecule has 1 aliphatic heterocycles. The maximum absolute atomic E-state index is 6.07.